The average Bonchev–Trinajstić information content (AvgIpc) is 2.87. The van der Waals surface area contributed by atoms with Gasteiger partial charge in [0.05, 0.1) is 6.04 Å². The molecule has 0 radical (unpaired) electrons. The molecule has 5 heteroatoms. The molecule has 1 saturated heterocycles. The third-order valence-electron chi connectivity index (χ3n) is 4.64. The second kappa shape index (κ2) is 6.75. The summed E-state index contributed by atoms with van der Waals surface area (Å²) < 4.78 is 13.2. The van der Waals surface area contributed by atoms with Crippen LogP contribution in [0.4, 0.5) is 10.1 Å². The Hall–Kier alpha value is -1.13. The van der Waals surface area contributed by atoms with Gasteiger partial charge in [-0.2, -0.15) is 0 Å². The Morgan fingerprint density at radius 2 is 2.10 bits per heavy atom. The van der Waals surface area contributed by atoms with Crippen molar-refractivity contribution in [2.24, 2.45) is 5.92 Å². The molecule has 0 spiro atoms. The molecule has 3 nitrogen and oxygen atoms in total. The van der Waals surface area contributed by atoms with E-state index in [-0.39, 0.29) is 30.2 Å². The Balaban J connectivity index is 0.00000161. The maximum Gasteiger partial charge on any atom is 0.241 e. The van der Waals surface area contributed by atoms with Crippen molar-refractivity contribution < 1.29 is 9.18 Å². The smallest absolute Gasteiger partial charge is 0.241 e. The quantitative estimate of drug-likeness (QED) is 0.878. The molecule has 1 aliphatic carbocycles. The van der Waals surface area contributed by atoms with E-state index in [4.69, 9.17) is 0 Å². The first-order valence-corrected chi connectivity index (χ1v) is 7.46. The lowest BCUT2D eigenvalue weighted by molar-refractivity contribution is -0.117. The summed E-state index contributed by atoms with van der Waals surface area (Å²) in [6.45, 7) is 1.87. The topological polar surface area (TPSA) is 41.1 Å². The summed E-state index contributed by atoms with van der Waals surface area (Å²) in [4.78, 5) is 12.3. The zero-order chi connectivity index (χ0) is 14.1. The van der Waals surface area contributed by atoms with Crippen molar-refractivity contribution >= 4 is 24.0 Å². The van der Waals surface area contributed by atoms with Gasteiger partial charge >= 0.3 is 0 Å². The van der Waals surface area contributed by atoms with Crippen LogP contribution >= 0.6 is 12.4 Å². The molecule has 1 amide bonds. The maximum atomic E-state index is 13.2. The Morgan fingerprint density at radius 1 is 1.33 bits per heavy atom. The first-order chi connectivity index (χ1) is 9.63. The van der Waals surface area contributed by atoms with Gasteiger partial charge in [0.15, 0.2) is 0 Å². The summed E-state index contributed by atoms with van der Waals surface area (Å²) >= 11 is 0. The Kier molecular flexibility index (Phi) is 5.22. The van der Waals surface area contributed by atoms with Gasteiger partial charge in [0.2, 0.25) is 5.91 Å². The van der Waals surface area contributed by atoms with Crippen LogP contribution in [-0.4, -0.2) is 18.0 Å². The van der Waals surface area contributed by atoms with E-state index in [1.807, 2.05) is 6.92 Å². The molecule has 3 unspecified atom stereocenters. The molecule has 1 aliphatic heterocycles. The Labute approximate surface area is 131 Å². The van der Waals surface area contributed by atoms with E-state index in [0.29, 0.717) is 17.6 Å². The van der Waals surface area contributed by atoms with Gasteiger partial charge in [-0.05, 0) is 49.8 Å². The van der Waals surface area contributed by atoms with Gasteiger partial charge in [0, 0.05) is 11.7 Å². The van der Waals surface area contributed by atoms with Crippen molar-refractivity contribution in [3.05, 3.63) is 29.6 Å². The van der Waals surface area contributed by atoms with Crippen molar-refractivity contribution in [2.45, 2.75) is 51.1 Å². The predicted molar refractivity (Wildman–Crippen MR) is 84.3 cm³/mol. The molecule has 21 heavy (non-hydrogen) atoms. The van der Waals surface area contributed by atoms with Gasteiger partial charge in [-0.3, -0.25) is 4.79 Å². The number of fused-ring (bicyclic) bond motifs is 1. The highest BCUT2D eigenvalue weighted by atomic mass is 35.5. The molecule has 116 valence electrons. The SMILES string of the molecule is Cc1ccc(F)cc1NC(=O)C1CC2CCCCC2N1.Cl. The largest absolute Gasteiger partial charge is 0.324 e. The molecule has 2 aliphatic rings. The van der Waals surface area contributed by atoms with E-state index in [1.165, 1.54) is 37.8 Å². The molecule has 2 N–H and O–H groups in total. The van der Waals surface area contributed by atoms with E-state index in [9.17, 15) is 9.18 Å². The zero-order valence-corrected chi connectivity index (χ0v) is 13.0. The monoisotopic (exact) mass is 312 g/mol. The molecule has 1 aromatic rings. The lowest BCUT2D eigenvalue weighted by atomic mass is 9.85. The second-order valence-corrected chi connectivity index (χ2v) is 6.05. The molecule has 0 aromatic heterocycles. The van der Waals surface area contributed by atoms with Crippen LogP contribution < -0.4 is 10.6 Å². The third kappa shape index (κ3) is 3.55. The molecule has 3 atom stereocenters. The van der Waals surface area contributed by atoms with Crippen molar-refractivity contribution in [1.82, 2.24) is 5.32 Å². The fraction of sp³-hybridized carbons (Fsp3) is 0.562. The number of anilines is 1. The van der Waals surface area contributed by atoms with Gasteiger partial charge in [-0.25, -0.2) is 4.39 Å². The molecule has 2 fully saturated rings. The van der Waals surface area contributed by atoms with Crippen LogP contribution in [0, 0.1) is 18.7 Å². The molecule has 1 aromatic carbocycles. The predicted octanol–water partition coefficient (Wildman–Crippen LogP) is 3.42. The molecule has 1 heterocycles. The minimum absolute atomic E-state index is 0. The molecule has 0 bridgehead atoms. The minimum Gasteiger partial charge on any atom is -0.324 e. The Bertz CT molecular complexity index is 509. The van der Waals surface area contributed by atoms with Gasteiger partial charge in [-0.1, -0.05) is 18.9 Å². The standard InChI is InChI=1S/C16H21FN2O.ClH/c1-10-6-7-12(17)9-14(10)19-16(20)15-8-11-4-2-3-5-13(11)18-15;/h6-7,9,11,13,15,18H,2-5,8H2,1H3,(H,19,20);1H. The number of amides is 1. The number of benzene rings is 1. The maximum absolute atomic E-state index is 13.2. The van der Waals surface area contributed by atoms with E-state index in [2.05, 4.69) is 10.6 Å². The van der Waals surface area contributed by atoms with Crippen LogP contribution in [0.25, 0.3) is 0 Å². The minimum atomic E-state index is -0.320. The van der Waals surface area contributed by atoms with Crippen LogP contribution in [0.1, 0.15) is 37.7 Å². The number of carbonyl (C=O) groups is 1. The third-order valence-corrected chi connectivity index (χ3v) is 4.64. The number of hydrogen-bond donors (Lipinski definition) is 2. The molecular formula is C16H22ClFN2O. The van der Waals surface area contributed by atoms with E-state index < -0.39 is 0 Å². The molecular weight excluding hydrogens is 291 g/mol. The zero-order valence-electron chi connectivity index (χ0n) is 12.2. The summed E-state index contributed by atoms with van der Waals surface area (Å²) in [5.41, 5.74) is 1.46. The number of halogens is 2. The summed E-state index contributed by atoms with van der Waals surface area (Å²) in [5.74, 6) is 0.278. The van der Waals surface area contributed by atoms with Gasteiger partial charge in [0.25, 0.3) is 0 Å². The first kappa shape index (κ1) is 16.2. The van der Waals surface area contributed by atoms with Gasteiger partial charge in [0.1, 0.15) is 5.82 Å². The van der Waals surface area contributed by atoms with Crippen molar-refractivity contribution in [3.8, 4) is 0 Å². The number of hydrogen-bond acceptors (Lipinski definition) is 2. The summed E-state index contributed by atoms with van der Waals surface area (Å²) in [7, 11) is 0. The van der Waals surface area contributed by atoms with Crippen molar-refractivity contribution in [3.63, 3.8) is 0 Å². The lowest BCUT2D eigenvalue weighted by Gasteiger charge is -2.24. The number of carbonyl (C=O) groups excluding carboxylic acids is 1. The van der Waals surface area contributed by atoms with E-state index in [1.54, 1.807) is 6.07 Å². The summed E-state index contributed by atoms with van der Waals surface area (Å²) in [5, 5.41) is 6.30. The number of nitrogens with one attached hydrogen (secondary N) is 2. The highest BCUT2D eigenvalue weighted by molar-refractivity contribution is 5.95. The van der Waals surface area contributed by atoms with E-state index >= 15 is 0 Å². The summed E-state index contributed by atoms with van der Waals surface area (Å²) in [6, 6.07) is 4.84. The van der Waals surface area contributed by atoms with Crippen LogP contribution in [0.3, 0.4) is 0 Å². The Morgan fingerprint density at radius 3 is 2.86 bits per heavy atom. The normalized spacial score (nSPS) is 27.6. The lowest BCUT2D eigenvalue weighted by Crippen LogP contribution is -2.40. The van der Waals surface area contributed by atoms with Crippen LogP contribution in [0.5, 0.6) is 0 Å². The number of aryl methyl sites for hydroxylation is 1. The van der Waals surface area contributed by atoms with Crippen molar-refractivity contribution in [1.29, 1.82) is 0 Å². The fourth-order valence-electron chi connectivity index (χ4n) is 3.47. The summed E-state index contributed by atoms with van der Waals surface area (Å²) in [6.07, 6.45) is 5.84. The van der Waals surface area contributed by atoms with Crippen LogP contribution in [0.2, 0.25) is 0 Å². The fourth-order valence-corrected chi connectivity index (χ4v) is 3.47. The second-order valence-electron chi connectivity index (χ2n) is 6.05. The highest BCUT2D eigenvalue weighted by Gasteiger charge is 2.38. The van der Waals surface area contributed by atoms with Crippen LogP contribution in [-0.2, 0) is 4.79 Å². The van der Waals surface area contributed by atoms with Crippen molar-refractivity contribution in [2.75, 3.05) is 5.32 Å². The molecule has 3 rings (SSSR count). The van der Waals surface area contributed by atoms with E-state index in [0.717, 1.165) is 12.0 Å². The van der Waals surface area contributed by atoms with Crippen LogP contribution in [0.15, 0.2) is 18.2 Å². The highest BCUT2D eigenvalue weighted by Crippen LogP contribution is 2.33. The first-order valence-electron chi connectivity index (χ1n) is 7.46. The van der Waals surface area contributed by atoms with Gasteiger partial charge < -0.3 is 10.6 Å². The average molecular weight is 313 g/mol. The van der Waals surface area contributed by atoms with Gasteiger partial charge in [-0.15, -0.1) is 12.4 Å². The molecule has 1 saturated carbocycles. The number of rotatable bonds is 2.